The second-order valence-corrected chi connectivity index (χ2v) is 8.67. The van der Waals surface area contributed by atoms with Gasteiger partial charge in [-0.25, -0.2) is 8.42 Å². The quantitative estimate of drug-likeness (QED) is 0.645. The third kappa shape index (κ3) is 3.61. The van der Waals surface area contributed by atoms with Crippen LogP contribution in [0.4, 0.5) is 11.4 Å². The molecule has 0 radical (unpaired) electrons. The SMILES string of the molecule is NC(=O)C1CN(S(=O)(=O)c2ccc3c(c2)N(CC(=O)O)C(=O)CO3)c2ccccc2O1. The molecule has 2 aromatic rings. The predicted molar refractivity (Wildman–Crippen MR) is 107 cm³/mol. The van der Waals surface area contributed by atoms with Gasteiger partial charge in [-0.2, -0.15) is 0 Å². The van der Waals surface area contributed by atoms with Crippen LogP contribution in [-0.4, -0.2) is 57.1 Å². The molecule has 3 N–H and O–H groups in total. The summed E-state index contributed by atoms with van der Waals surface area (Å²) in [7, 11) is -4.24. The molecular weight excluding hydrogens is 430 g/mol. The number of ether oxygens (including phenoxy) is 2. The summed E-state index contributed by atoms with van der Waals surface area (Å²) in [6, 6.07) is 10.1. The van der Waals surface area contributed by atoms with E-state index < -0.39 is 40.5 Å². The second kappa shape index (κ2) is 7.47. The molecule has 11 nitrogen and oxygen atoms in total. The van der Waals surface area contributed by atoms with E-state index in [0.717, 1.165) is 9.21 Å². The normalized spacial score (nSPS) is 17.8. The molecule has 0 aromatic heterocycles. The van der Waals surface area contributed by atoms with Crippen molar-refractivity contribution in [2.45, 2.75) is 11.0 Å². The smallest absolute Gasteiger partial charge is 0.323 e. The topological polar surface area (TPSA) is 157 Å². The van der Waals surface area contributed by atoms with Crippen LogP contribution in [-0.2, 0) is 24.4 Å². The number of amides is 2. The number of hydrogen-bond acceptors (Lipinski definition) is 7. The lowest BCUT2D eigenvalue weighted by Gasteiger charge is -2.34. The van der Waals surface area contributed by atoms with Gasteiger partial charge >= 0.3 is 5.97 Å². The molecule has 0 fully saturated rings. The zero-order valence-electron chi connectivity index (χ0n) is 15.9. The Bertz CT molecular complexity index is 1200. The van der Waals surface area contributed by atoms with E-state index in [-0.39, 0.29) is 40.9 Å². The van der Waals surface area contributed by atoms with E-state index in [1.54, 1.807) is 12.1 Å². The molecule has 0 saturated carbocycles. The Morgan fingerprint density at radius 1 is 1.13 bits per heavy atom. The van der Waals surface area contributed by atoms with Gasteiger partial charge in [0.05, 0.1) is 22.8 Å². The maximum absolute atomic E-state index is 13.5. The van der Waals surface area contributed by atoms with E-state index in [1.807, 2.05) is 0 Å². The van der Waals surface area contributed by atoms with E-state index in [9.17, 15) is 22.8 Å². The molecule has 0 saturated heterocycles. The maximum Gasteiger partial charge on any atom is 0.323 e. The van der Waals surface area contributed by atoms with Gasteiger partial charge in [-0.15, -0.1) is 0 Å². The maximum atomic E-state index is 13.5. The summed E-state index contributed by atoms with van der Waals surface area (Å²) in [4.78, 5) is 35.7. The van der Waals surface area contributed by atoms with Crippen molar-refractivity contribution in [2.24, 2.45) is 5.73 Å². The first-order chi connectivity index (χ1) is 14.7. The van der Waals surface area contributed by atoms with Crippen molar-refractivity contribution in [2.75, 3.05) is 28.9 Å². The molecule has 2 aliphatic heterocycles. The molecule has 0 spiro atoms. The van der Waals surface area contributed by atoms with Crippen LogP contribution in [0.3, 0.4) is 0 Å². The number of carboxylic acid groups (broad SMARTS) is 1. The van der Waals surface area contributed by atoms with Crippen molar-refractivity contribution in [3.05, 3.63) is 42.5 Å². The summed E-state index contributed by atoms with van der Waals surface area (Å²) in [6.07, 6.45) is -1.20. The van der Waals surface area contributed by atoms with Crippen LogP contribution < -0.4 is 24.4 Å². The minimum Gasteiger partial charge on any atom is -0.482 e. The fraction of sp³-hybridized carbons (Fsp3) is 0.211. The molecule has 4 rings (SSSR count). The molecule has 0 bridgehead atoms. The Balaban J connectivity index is 1.79. The third-order valence-corrected chi connectivity index (χ3v) is 6.58. The molecule has 162 valence electrons. The van der Waals surface area contributed by atoms with Crippen molar-refractivity contribution >= 4 is 39.2 Å². The molecule has 2 aliphatic rings. The summed E-state index contributed by atoms with van der Waals surface area (Å²) in [5.74, 6) is -2.36. The monoisotopic (exact) mass is 447 g/mol. The van der Waals surface area contributed by atoms with Crippen LogP contribution in [0, 0.1) is 0 Å². The lowest BCUT2D eigenvalue weighted by molar-refractivity contribution is -0.137. The number of aliphatic carboxylic acids is 1. The first-order valence-corrected chi connectivity index (χ1v) is 10.5. The van der Waals surface area contributed by atoms with Crippen molar-refractivity contribution in [1.29, 1.82) is 0 Å². The molecule has 12 heteroatoms. The predicted octanol–water partition coefficient (Wildman–Crippen LogP) is -0.0618. The van der Waals surface area contributed by atoms with E-state index >= 15 is 0 Å². The number of fused-ring (bicyclic) bond motifs is 2. The summed E-state index contributed by atoms with van der Waals surface area (Å²) in [5.41, 5.74) is 5.57. The number of para-hydroxylation sites is 2. The van der Waals surface area contributed by atoms with Gasteiger partial charge in [-0.1, -0.05) is 12.1 Å². The summed E-state index contributed by atoms with van der Waals surface area (Å²) in [6.45, 7) is -1.35. The summed E-state index contributed by atoms with van der Waals surface area (Å²) >= 11 is 0. The van der Waals surface area contributed by atoms with Crippen molar-refractivity contribution in [3.63, 3.8) is 0 Å². The van der Waals surface area contributed by atoms with E-state index in [0.29, 0.717) is 0 Å². The number of carboxylic acids is 1. The number of rotatable bonds is 5. The Labute approximate surface area is 176 Å². The Morgan fingerprint density at radius 3 is 2.58 bits per heavy atom. The number of sulfonamides is 1. The first-order valence-electron chi connectivity index (χ1n) is 9.05. The zero-order valence-corrected chi connectivity index (χ0v) is 16.7. The molecular formula is C19H17N3O8S. The summed E-state index contributed by atoms with van der Waals surface area (Å²) < 4.78 is 38.7. The molecule has 1 atom stereocenters. The van der Waals surface area contributed by atoms with Gasteiger partial charge in [-0.3, -0.25) is 23.6 Å². The van der Waals surface area contributed by atoms with Gasteiger partial charge in [0.1, 0.15) is 18.0 Å². The van der Waals surface area contributed by atoms with Crippen molar-refractivity contribution in [3.8, 4) is 11.5 Å². The Morgan fingerprint density at radius 2 is 1.87 bits per heavy atom. The fourth-order valence-corrected chi connectivity index (χ4v) is 4.85. The number of carbonyl (C=O) groups excluding carboxylic acids is 2. The number of nitrogens with zero attached hydrogens (tertiary/aromatic N) is 2. The third-order valence-electron chi connectivity index (χ3n) is 4.81. The van der Waals surface area contributed by atoms with Crippen molar-refractivity contribution in [1.82, 2.24) is 0 Å². The Kier molecular flexibility index (Phi) is 4.93. The molecule has 31 heavy (non-hydrogen) atoms. The number of nitrogens with two attached hydrogens (primary N) is 1. The van der Waals surface area contributed by atoms with Crippen LogP contribution in [0.1, 0.15) is 0 Å². The largest absolute Gasteiger partial charge is 0.482 e. The van der Waals surface area contributed by atoms with Crippen LogP contribution in [0.25, 0.3) is 0 Å². The van der Waals surface area contributed by atoms with Gasteiger partial charge in [0.2, 0.25) is 0 Å². The van der Waals surface area contributed by atoms with Crippen LogP contribution in [0.5, 0.6) is 11.5 Å². The van der Waals surface area contributed by atoms with Crippen LogP contribution in [0.15, 0.2) is 47.4 Å². The van der Waals surface area contributed by atoms with Crippen LogP contribution >= 0.6 is 0 Å². The Hall–Kier alpha value is -3.80. The second-order valence-electron chi connectivity index (χ2n) is 6.80. The molecule has 0 aliphatic carbocycles. The lowest BCUT2D eigenvalue weighted by atomic mass is 10.2. The molecule has 2 aromatic carbocycles. The molecule has 1 unspecified atom stereocenters. The van der Waals surface area contributed by atoms with Crippen molar-refractivity contribution < 1.29 is 37.4 Å². The lowest BCUT2D eigenvalue weighted by Crippen LogP contribution is -2.49. The average molecular weight is 447 g/mol. The number of carbonyl (C=O) groups is 3. The van der Waals surface area contributed by atoms with Gasteiger partial charge in [-0.05, 0) is 30.3 Å². The van der Waals surface area contributed by atoms with Gasteiger partial charge in [0.15, 0.2) is 12.7 Å². The van der Waals surface area contributed by atoms with Gasteiger partial charge in [0, 0.05) is 0 Å². The molecule has 2 amide bonds. The van der Waals surface area contributed by atoms with E-state index in [1.165, 1.54) is 30.3 Å². The highest BCUT2D eigenvalue weighted by molar-refractivity contribution is 7.92. The minimum atomic E-state index is -4.24. The number of benzene rings is 2. The van der Waals surface area contributed by atoms with Crippen LogP contribution in [0.2, 0.25) is 0 Å². The highest BCUT2D eigenvalue weighted by Gasteiger charge is 2.38. The zero-order chi connectivity index (χ0) is 22.3. The van der Waals surface area contributed by atoms with E-state index in [2.05, 4.69) is 0 Å². The number of primary amides is 1. The van der Waals surface area contributed by atoms with Gasteiger partial charge < -0.3 is 20.3 Å². The highest BCUT2D eigenvalue weighted by Crippen LogP contribution is 2.39. The van der Waals surface area contributed by atoms with E-state index in [4.69, 9.17) is 20.3 Å². The number of anilines is 2. The number of hydrogen-bond donors (Lipinski definition) is 2. The van der Waals surface area contributed by atoms with Gasteiger partial charge in [0.25, 0.3) is 21.8 Å². The standard InChI is InChI=1S/C19H17N3O8S/c20-19(26)16-8-22(12-3-1-2-4-15(12)30-16)31(27,28)11-5-6-14-13(7-11)21(9-18(24)25)17(23)10-29-14/h1-7,16H,8-10H2,(H2,20,26)(H,24,25). The summed E-state index contributed by atoms with van der Waals surface area (Å²) in [5, 5.41) is 9.11. The minimum absolute atomic E-state index is 0.0210. The fourth-order valence-electron chi connectivity index (χ4n) is 3.36. The average Bonchev–Trinajstić information content (AvgIpc) is 2.74. The molecule has 2 heterocycles. The first kappa shape index (κ1) is 20.5. The highest BCUT2D eigenvalue weighted by atomic mass is 32.2.